The fraction of sp³-hybridized carbons (Fsp3) is 0.368. The maximum Gasteiger partial charge on any atom is 0.233 e. The molecule has 3 amide bonds. The van der Waals surface area contributed by atoms with Crippen LogP contribution in [0.1, 0.15) is 28.8 Å². The molecule has 6 nitrogen and oxygen atoms in total. The van der Waals surface area contributed by atoms with Gasteiger partial charge in [-0.3, -0.25) is 24.1 Å². The molecule has 2 heterocycles. The van der Waals surface area contributed by atoms with Gasteiger partial charge in [-0.1, -0.05) is 12.2 Å². The largest absolute Gasteiger partial charge is 0.315 e. The molecule has 0 saturated carbocycles. The summed E-state index contributed by atoms with van der Waals surface area (Å²) < 4.78 is 0. The minimum atomic E-state index is -0.323. The highest BCUT2D eigenvalue weighted by molar-refractivity contribution is 6.10. The topological polar surface area (TPSA) is 74.8 Å². The van der Waals surface area contributed by atoms with Crippen molar-refractivity contribution in [2.24, 2.45) is 11.8 Å². The first-order valence-electron chi connectivity index (χ1n) is 8.40. The molecule has 1 aromatic carbocycles. The summed E-state index contributed by atoms with van der Waals surface area (Å²) in [6, 6.07) is 5.08. The third kappa shape index (κ3) is 2.40. The summed E-state index contributed by atoms with van der Waals surface area (Å²) in [6.07, 6.45) is 5.24. The lowest BCUT2D eigenvalue weighted by Crippen LogP contribution is -2.36. The van der Waals surface area contributed by atoms with E-state index in [1.54, 1.807) is 30.1 Å². The smallest absolute Gasteiger partial charge is 0.233 e. The van der Waals surface area contributed by atoms with Crippen LogP contribution < -0.4 is 4.90 Å². The van der Waals surface area contributed by atoms with Gasteiger partial charge >= 0.3 is 0 Å². The number of carbonyl (C=O) groups is 4. The van der Waals surface area contributed by atoms with Crippen LogP contribution in [0.15, 0.2) is 30.4 Å². The van der Waals surface area contributed by atoms with E-state index in [9.17, 15) is 19.2 Å². The highest BCUT2D eigenvalue weighted by Crippen LogP contribution is 2.35. The van der Waals surface area contributed by atoms with Crippen molar-refractivity contribution in [2.45, 2.75) is 19.3 Å². The fourth-order valence-corrected chi connectivity index (χ4v) is 3.90. The van der Waals surface area contributed by atoms with Gasteiger partial charge in [0.15, 0.2) is 5.78 Å². The molecular formula is C19H18N2O4. The third-order valence-electron chi connectivity index (χ3n) is 5.38. The van der Waals surface area contributed by atoms with Crippen LogP contribution >= 0.6 is 0 Å². The summed E-state index contributed by atoms with van der Waals surface area (Å²) in [5.74, 6) is -1.43. The number of imide groups is 1. The number of ketones is 1. The molecule has 0 aromatic heterocycles. The molecule has 2 aliphatic heterocycles. The van der Waals surface area contributed by atoms with Crippen LogP contribution in [0.3, 0.4) is 0 Å². The van der Waals surface area contributed by atoms with Gasteiger partial charge in [-0.2, -0.15) is 0 Å². The van der Waals surface area contributed by atoms with Crippen LogP contribution in [0.2, 0.25) is 0 Å². The highest BCUT2D eigenvalue weighted by Gasteiger charge is 2.47. The minimum Gasteiger partial charge on any atom is -0.315 e. The summed E-state index contributed by atoms with van der Waals surface area (Å²) in [4.78, 5) is 51.9. The predicted molar refractivity (Wildman–Crippen MR) is 90.0 cm³/mol. The molecule has 3 aliphatic rings. The Kier molecular flexibility index (Phi) is 3.56. The number of anilines is 1. The molecule has 4 rings (SSSR count). The summed E-state index contributed by atoms with van der Waals surface area (Å²) in [7, 11) is 1.70. The molecule has 1 aliphatic carbocycles. The molecular weight excluding hydrogens is 320 g/mol. The number of likely N-dealkylation sites (N-methyl/N-ethyl adjacent to an activating group) is 1. The van der Waals surface area contributed by atoms with Crippen molar-refractivity contribution in [3.63, 3.8) is 0 Å². The average molecular weight is 338 g/mol. The second kappa shape index (κ2) is 5.65. The SMILES string of the molecule is CN1C(=O)Cc2cc(C(=O)CN3C(=O)[C@H]4CC=CC[C@H]4C3=O)ccc21. The van der Waals surface area contributed by atoms with Crippen LogP contribution in [-0.2, 0) is 20.8 Å². The number of hydrogen-bond acceptors (Lipinski definition) is 4. The van der Waals surface area contributed by atoms with Crippen LogP contribution in [0.25, 0.3) is 0 Å². The van der Waals surface area contributed by atoms with Crippen molar-refractivity contribution in [1.82, 2.24) is 4.90 Å². The quantitative estimate of drug-likeness (QED) is 0.473. The molecule has 0 spiro atoms. The van der Waals surface area contributed by atoms with Gasteiger partial charge in [0.05, 0.1) is 24.8 Å². The average Bonchev–Trinajstić information content (AvgIpc) is 3.03. The molecule has 0 bridgehead atoms. The van der Waals surface area contributed by atoms with Gasteiger partial charge in [0.1, 0.15) is 0 Å². The number of nitrogens with zero attached hydrogens (tertiary/aromatic N) is 2. The zero-order valence-corrected chi connectivity index (χ0v) is 13.9. The normalized spacial score (nSPS) is 24.8. The van der Waals surface area contributed by atoms with Crippen LogP contribution in [-0.4, -0.2) is 42.0 Å². The first-order valence-corrected chi connectivity index (χ1v) is 8.40. The molecule has 1 fully saturated rings. The molecule has 1 saturated heterocycles. The maximum absolute atomic E-state index is 12.6. The first kappa shape index (κ1) is 15.7. The highest BCUT2D eigenvalue weighted by atomic mass is 16.2. The molecule has 0 unspecified atom stereocenters. The van der Waals surface area contributed by atoms with Crippen molar-refractivity contribution in [2.75, 3.05) is 18.5 Å². The zero-order chi connectivity index (χ0) is 17.7. The van der Waals surface area contributed by atoms with Gasteiger partial charge in [-0.15, -0.1) is 0 Å². The van der Waals surface area contributed by atoms with E-state index in [2.05, 4.69) is 0 Å². The lowest BCUT2D eigenvalue weighted by molar-refractivity contribution is -0.139. The number of fused-ring (bicyclic) bond motifs is 2. The molecule has 1 aromatic rings. The van der Waals surface area contributed by atoms with Crippen molar-refractivity contribution in [3.05, 3.63) is 41.5 Å². The summed E-state index contributed by atoms with van der Waals surface area (Å²) in [6.45, 7) is -0.229. The van der Waals surface area contributed by atoms with Gasteiger partial charge in [0.2, 0.25) is 17.7 Å². The van der Waals surface area contributed by atoms with Crippen molar-refractivity contribution < 1.29 is 19.2 Å². The van der Waals surface area contributed by atoms with Gasteiger partial charge in [0.25, 0.3) is 0 Å². The van der Waals surface area contributed by atoms with E-state index < -0.39 is 0 Å². The number of hydrogen-bond donors (Lipinski definition) is 0. The summed E-state index contributed by atoms with van der Waals surface area (Å²) >= 11 is 0. The predicted octanol–water partition coefficient (Wildman–Crippen LogP) is 1.34. The zero-order valence-electron chi connectivity index (χ0n) is 13.9. The van der Waals surface area contributed by atoms with Gasteiger partial charge in [-0.25, -0.2) is 0 Å². The van der Waals surface area contributed by atoms with Crippen LogP contribution in [0.4, 0.5) is 5.69 Å². The lowest BCUT2D eigenvalue weighted by Gasteiger charge is -2.14. The number of rotatable bonds is 3. The molecule has 6 heteroatoms. The standard InChI is InChI=1S/C19H18N2O4/c1-20-15-7-6-11(8-12(15)9-17(20)23)16(22)10-21-18(24)13-4-2-3-5-14(13)19(21)25/h2-3,6-8,13-14H,4-5,9-10H2,1H3/t13-,14+. The minimum absolute atomic E-state index is 0.0129. The Morgan fingerprint density at radius 3 is 2.36 bits per heavy atom. The van der Waals surface area contributed by atoms with Crippen molar-refractivity contribution in [1.29, 1.82) is 0 Å². The number of allylic oxidation sites excluding steroid dienone is 2. The number of carbonyl (C=O) groups excluding carboxylic acids is 4. The molecule has 0 N–H and O–H groups in total. The second-order valence-corrected chi connectivity index (χ2v) is 6.81. The Morgan fingerprint density at radius 2 is 1.72 bits per heavy atom. The first-order chi connectivity index (χ1) is 12.0. The number of Topliss-reactive ketones (excluding diaryl/α,β-unsaturated/α-hetero) is 1. The third-order valence-corrected chi connectivity index (χ3v) is 5.38. The van der Waals surface area contributed by atoms with Crippen LogP contribution in [0, 0.1) is 11.8 Å². The van der Waals surface area contributed by atoms with Crippen molar-refractivity contribution in [3.8, 4) is 0 Å². The number of amides is 3. The Bertz CT molecular complexity index is 816. The van der Waals surface area contributed by atoms with E-state index >= 15 is 0 Å². The number of likely N-dealkylation sites (tertiary alicyclic amines) is 1. The number of benzene rings is 1. The maximum atomic E-state index is 12.6. The Labute approximate surface area is 145 Å². The van der Waals surface area contributed by atoms with E-state index in [-0.39, 0.29) is 48.3 Å². The molecule has 128 valence electrons. The van der Waals surface area contributed by atoms with Gasteiger partial charge < -0.3 is 4.90 Å². The fourth-order valence-electron chi connectivity index (χ4n) is 3.90. The molecule has 25 heavy (non-hydrogen) atoms. The molecule has 2 atom stereocenters. The van der Waals surface area contributed by atoms with E-state index in [0.29, 0.717) is 18.4 Å². The van der Waals surface area contributed by atoms with E-state index in [4.69, 9.17) is 0 Å². The van der Waals surface area contributed by atoms with E-state index in [1.807, 2.05) is 12.2 Å². The monoisotopic (exact) mass is 338 g/mol. The molecule has 0 radical (unpaired) electrons. The van der Waals surface area contributed by atoms with E-state index in [1.165, 1.54) is 0 Å². The van der Waals surface area contributed by atoms with Gasteiger partial charge in [-0.05, 0) is 36.6 Å². The van der Waals surface area contributed by atoms with E-state index in [0.717, 1.165) is 16.2 Å². The Balaban J connectivity index is 1.53. The van der Waals surface area contributed by atoms with Gasteiger partial charge in [0, 0.05) is 18.3 Å². The van der Waals surface area contributed by atoms with Crippen molar-refractivity contribution >= 4 is 29.2 Å². The Morgan fingerprint density at radius 1 is 1.08 bits per heavy atom. The Hall–Kier alpha value is -2.76. The second-order valence-electron chi connectivity index (χ2n) is 6.81. The summed E-state index contributed by atoms with van der Waals surface area (Å²) in [5, 5.41) is 0. The summed E-state index contributed by atoms with van der Waals surface area (Å²) in [5.41, 5.74) is 2.03. The van der Waals surface area contributed by atoms with Crippen LogP contribution in [0.5, 0.6) is 0 Å². The lowest BCUT2D eigenvalue weighted by atomic mass is 9.85.